The lowest BCUT2D eigenvalue weighted by molar-refractivity contribution is -0.124. The monoisotopic (exact) mass is 295 g/mol. The van der Waals surface area contributed by atoms with Gasteiger partial charge in [-0.25, -0.2) is 0 Å². The molecule has 108 valence electrons. The van der Waals surface area contributed by atoms with E-state index in [2.05, 4.69) is 10.3 Å². The molecule has 1 aliphatic rings. The minimum absolute atomic E-state index is 0.336. The van der Waals surface area contributed by atoms with E-state index in [9.17, 15) is 9.59 Å². The maximum absolute atomic E-state index is 12.3. The summed E-state index contributed by atoms with van der Waals surface area (Å²) in [7, 11) is 0. The van der Waals surface area contributed by atoms with Crippen molar-refractivity contribution in [2.45, 2.75) is 44.1 Å². The predicted molar refractivity (Wildman–Crippen MR) is 76.3 cm³/mol. The van der Waals surface area contributed by atoms with Crippen LogP contribution in [0.3, 0.4) is 0 Å². The Morgan fingerprint density at radius 1 is 1.20 bits per heavy atom. The molecule has 0 atom stereocenters. The van der Waals surface area contributed by atoms with E-state index in [4.69, 9.17) is 17.3 Å². The molecule has 20 heavy (non-hydrogen) atoms. The highest BCUT2D eigenvalue weighted by Gasteiger charge is 2.38. The van der Waals surface area contributed by atoms with Gasteiger partial charge in [0.25, 0.3) is 5.91 Å². The SMILES string of the molecule is NC(=O)C1(NC(=O)c2cncc(Cl)c2)CCCCCC1. The molecule has 0 unspecified atom stereocenters. The minimum atomic E-state index is -0.949. The Labute approximate surface area is 122 Å². The smallest absolute Gasteiger partial charge is 0.253 e. The number of nitrogens with one attached hydrogen (secondary N) is 1. The molecular formula is C14H18ClN3O2. The maximum Gasteiger partial charge on any atom is 0.253 e. The topological polar surface area (TPSA) is 85.1 Å². The quantitative estimate of drug-likeness (QED) is 0.837. The molecule has 1 aliphatic carbocycles. The Kier molecular flexibility index (Phi) is 4.60. The van der Waals surface area contributed by atoms with Crippen molar-refractivity contribution in [3.8, 4) is 0 Å². The van der Waals surface area contributed by atoms with Crippen LogP contribution >= 0.6 is 11.6 Å². The number of hydrogen-bond acceptors (Lipinski definition) is 3. The lowest BCUT2D eigenvalue weighted by Crippen LogP contribution is -2.57. The predicted octanol–water partition coefficient (Wildman–Crippen LogP) is 2.04. The molecule has 0 aliphatic heterocycles. The van der Waals surface area contributed by atoms with Crippen molar-refractivity contribution in [1.82, 2.24) is 10.3 Å². The summed E-state index contributed by atoms with van der Waals surface area (Å²) in [4.78, 5) is 28.0. The van der Waals surface area contributed by atoms with E-state index in [0.29, 0.717) is 23.4 Å². The maximum atomic E-state index is 12.3. The molecule has 0 spiro atoms. The molecule has 0 aromatic carbocycles. The van der Waals surface area contributed by atoms with Crippen LogP contribution in [-0.2, 0) is 4.79 Å². The fourth-order valence-corrected chi connectivity index (χ4v) is 2.76. The normalized spacial score (nSPS) is 18.1. The molecule has 1 aromatic rings. The first kappa shape index (κ1) is 14.8. The number of nitrogens with zero attached hydrogens (tertiary/aromatic N) is 1. The third-order valence-corrected chi connectivity index (χ3v) is 3.96. The van der Waals surface area contributed by atoms with E-state index in [-0.39, 0.29) is 5.91 Å². The molecule has 3 N–H and O–H groups in total. The summed E-state index contributed by atoms with van der Waals surface area (Å²) in [5.41, 5.74) is 4.92. The second-order valence-corrected chi connectivity index (χ2v) is 5.64. The molecule has 0 saturated heterocycles. The molecule has 1 fully saturated rings. The van der Waals surface area contributed by atoms with Crippen molar-refractivity contribution in [2.24, 2.45) is 5.73 Å². The van der Waals surface area contributed by atoms with Gasteiger partial charge < -0.3 is 11.1 Å². The van der Waals surface area contributed by atoms with Crippen LogP contribution in [0.15, 0.2) is 18.5 Å². The fourth-order valence-electron chi connectivity index (χ4n) is 2.59. The number of rotatable bonds is 3. The number of carbonyl (C=O) groups excluding carboxylic acids is 2. The molecule has 0 bridgehead atoms. The van der Waals surface area contributed by atoms with Crippen LogP contribution in [0.25, 0.3) is 0 Å². The van der Waals surface area contributed by atoms with Crippen LogP contribution in [-0.4, -0.2) is 22.3 Å². The first-order valence-electron chi connectivity index (χ1n) is 6.76. The van der Waals surface area contributed by atoms with Gasteiger partial charge in [0.05, 0.1) is 10.6 Å². The zero-order valence-corrected chi connectivity index (χ0v) is 11.9. The third kappa shape index (κ3) is 3.28. The van der Waals surface area contributed by atoms with Crippen molar-refractivity contribution < 1.29 is 9.59 Å². The van der Waals surface area contributed by atoms with Gasteiger partial charge in [-0.15, -0.1) is 0 Å². The standard InChI is InChI=1S/C14H18ClN3O2/c15-11-7-10(8-17-9-11)12(19)18-14(13(16)20)5-3-1-2-4-6-14/h7-9H,1-6H2,(H2,16,20)(H,18,19). The lowest BCUT2D eigenvalue weighted by atomic mass is 9.89. The van der Waals surface area contributed by atoms with Crippen LogP contribution in [0.5, 0.6) is 0 Å². The zero-order valence-electron chi connectivity index (χ0n) is 11.2. The second-order valence-electron chi connectivity index (χ2n) is 5.21. The third-order valence-electron chi connectivity index (χ3n) is 3.75. The Bertz CT molecular complexity index is 511. The second kappa shape index (κ2) is 6.22. The van der Waals surface area contributed by atoms with Crippen molar-refractivity contribution >= 4 is 23.4 Å². The molecule has 2 rings (SSSR count). The van der Waals surface area contributed by atoms with Gasteiger partial charge >= 0.3 is 0 Å². The highest BCUT2D eigenvalue weighted by molar-refractivity contribution is 6.30. The highest BCUT2D eigenvalue weighted by atomic mass is 35.5. The van der Waals surface area contributed by atoms with Gasteiger partial charge in [-0.2, -0.15) is 0 Å². The van der Waals surface area contributed by atoms with Gasteiger partial charge in [-0.1, -0.05) is 37.3 Å². The summed E-state index contributed by atoms with van der Waals surface area (Å²) in [6, 6.07) is 1.52. The van der Waals surface area contributed by atoms with Crippen LogP contribution in [0.2, 0.25) is 5.02 Å². The van der Waals surface area contributed by atoms with E-state index in [1.165, 1.54) is 18.5 Å². The number of halogens is 1. The zero-order chi connectivity index (χ0) is 14.6. The molecule has 5 nitrogen and oxygen atoms in total. The van der Waals surface area contributed by atoms with Gasteiger partial charge in [0.2, 0.25) is 5.91 Å². The number of amides is 2. The molecule has 1 saturated carbocycles. The first-order chi connectivity index (χ1) is 9.53. The number of aromatic nitrogens is 1. The van der Waals surface area contributed by atoms with Gasteiger partial charge in [-0.05, 0) is 18.9 Å². The first-order valence-corrected chi connectivity index (χ1v) is 7.14. The largest absolute Gasteiger partial charge is 0.368 e. The van der Waals surface area contributed by atoms with Crippen LogP contribution in [0.4, 0.5) is 0 Å². The summed E-state index contributed by atoms with van der Waals surface area (Å²) in [6.45, 7) is 0. The fraction of sp³-hybridized carbons (Fsp3) is 0.500. The molecular weight excluding hydrogens is 278 g/mol. The Balaban J connectivity index is 2.19. The Morgan fingerprint density at radius 3 is 2.40 bits per heavy atom. The molecule has 2 amide bonds. The van der Waals surface area contributed by atoms with E-state index in [1.54, 1.807) is 0 Å². The van der Waals surface area contributed by atoms with Crippen molar-refractivity contribution in [1.29, 1.82) is 0 Å². The van der Waals surface area contributed by atoms with Crippen LogP contribution in [0, 0.1) is 0 Å². The number of primary amides is 1. The van der Waals surface area contributed by atoms with Crippen molar-refractivity contribution in [3.05, 3.63) is 29.0 Å². The van der Waals surface area contributed by atoms with Crippen molar-refractivity contribution in [2.75, 3.05) is 0 Å². The van der Waals surface area contributed by atoms with Gasteiger partial charge in [0.15, 0.2) is 0 Å². The molecule has 0 radical (unpaired) electrons. The Morgan fingerprint density at radius 2 is 1.85 bits per heavy atom. The van der Waals surface area contributed by atoms with Crippen molar-refractivity contribution in [3.63, 3.8) is 0 Å². The highest BCUT2D eigenvalue weighted by Crippen LogP contribution is 2.27. The average Bonchev–Trinajstić information content (AvgIpc) is 2.65. The summed E-state index contributed by atoms with van der Waals surface area (Å²) < 4.78 is 0. The summed E-state index contributed by atoms with van der Waals surface area (Å²) in [6.07, 6.45) is 7.94. The summed E-state index contributed by atoms with van der Waals surface area (Å²) >= 11 is 5.82. The molecule has 6 heteroatoms. The van der Waals surface area contributed by atoms with E-state index >= 15 is 0 Å². The summed E-state index contributed by atoms with van der Waals surface area (Å²) in [5, 5.41) is 3.18. The number of hydrogen-bond donors (Lipinski definition) is 2. The number of pyridine rings is 1. The van der Waals surface area contributed by atoms with E-state index < -0.39 is 11.4 Å². The molecule has 1 aromatic heterocycles. The Hall–Kier alpha value is -1.62. The number of carbonyl (C=O) groups is 2. The molecule has 1 heterocycles. The van der Waals surface area contributed by atoms with E-state index in [0.717, 1.165) is 25.7 Å². The van der Waals surface area contributed by atoms with Crippen LogP contribution in [0.1, 0.15) is 48.9 Å². The summed E-state index contributed by atoms with van der Waals surface area (Å²) in [5.74, 6) is -0.830. The lowest BCUT2D eigenvalue weighted by Gasteiger charge is -2.30. The minimum Gasteiger partial charge on any atom is -0.368 e. The number of nitrogens with two attached hydrogens (primary N) is 1. The van der Waals surface area contributed by atoms with Gasteiger partial charge in [0, 0.05) is 12.4 Å². The van der Waals surface area contributed by atoms with E-state index in [1.807, 2.05) is 0 Å². The van der Waals surface area contributed by atoms with Gasteiger partial charge in [0.1, 0.15) is 5.54 Å². The van der Waals surface area contributed by atoms with Crippen LogP contribution < -0.4 is 11.1 Å². The van der Waals surface area contributed by atoms with Gasteiger partial charge in [-0.3, -0.25) is 14.6 Å². The average molecular weight is 296 g/mol.